The van der Waals surface area contributed by atoms with Crippen molar-refractivity contribution in [3.63, 3.8) is 0 Å². The summed E-state index contributed by atoms with van der Waals surface area (Å²) in [5, 5.41) is 5.79. The van der Waals surface area contributed by atoms with Gasteiger partial charge in [-0.3, -0.25) is 9.59 Å². The average molecular weight is 240 g/mol. The van der Waals surface area contributed by atoms with E-state index in [2.05, 4.69) is 10.6 Å². The van der Waals surface area contributed by atoms with Crippen molar-refractivity contribution >= 4 is 11.8 Å². The van der Waals surface area contributed by atoms with Crippen LogP contribution in [0.2, 0.25) is 0 Å². The van der Waals surface area contributed by atoms with Gasteiger partial charge in [-0.1, -0.05) is 0 Å². The third kappa shape index (κ3) is 3.19. The van der Waals surface area contributed by atoms with Gasteiger partial charge < -0.3 is 15.4 Å². The number of carbonyl (C=O) groups is 2. The van der Waals surface area contributed by atoms with Gasteiger partial charge in [0.1, 0.15) is 0 Å². The van der Waals surface area contributed by atoms with Crippen molar-refractivity contribution in [2.24, 2.45) is 5.92 Å². The summed E-state index contributed by atoms with van der Waals surface area (Å²) in [7, 11) is 1.71. The smallest absolute Gasteiger partial charge is 0.225 e. The number of ether oxygens (including phenoxy) is 1. The monoisotopic (exact) mass is 240 g/mol. The van der Waals surface area contributed by atoms with Gasteiger partial charge in [0.25, 0.3) is 0 Å². The van der Waals surface area contributed by atoms with Crippen LogP contribution in [0.25, 0.3) is 0 Å². The molecular weight excluding hydrogens is 220 g/mol. The molecule has 1 saturated heterocycles. The van der Waals surface area contributed by atoms with E-state index in [0.29, 0.717) is 19.4 Å². The Morgan fingerprint density at radius 2 is 2.24 bits per heavy atom. The average Bonchev–Trinajstić information content (AvgIpc) is 2.77. The van der Waals surface area contributed by atoms with Gasteiger partial charge in [-0.25, -0.2) is 0 Å². The third-order valence-electron chi connectivity index (χ3n) is 3.70. The van der Waals surface area contributed by atoms with Crippen molar-refractivity contribution in [3.05, 3.63) is 0 Å². The van der Waals surface area contributed by atoms with Crippen molar-refractivity contribution in [3.8, 4) is 0 Å². The standard InChI is InChI=1S/C12H20N2O3/c1-17-10-4-3-9(6-10)14-12(16)8-2-5-11(15)13-7-8/h8-10H,2-7H2,1H3,(H,13,15)(H,14,16). The number of carbonyl (C=O) groups excluding carboxylic acids is 2. The highest BCUT2D eigenvalue weighted by Crippen LogP contribution is 2.22. The molecule has 2 N–H and O–H groups in total. The minimum Gasteiger partial charge on any atom is -0.381 e. The second-order valence-electron chi connectivity index (χ2n) is 4.92. The van der Waals surface area contributed by atoms with Crippen molar-refractivity contribution in [2.75, 3.05) is 13.7 Å². The third-order valence-corrected chi connectivity index (χ3v) is 3.70. The molecule has 2 amide bonds. The van der Waals surface area contributed by atoms with Gasteiger partial charge in [-0.2, -0.15) is 0 Å². The van der Waals surface area contributed by atoms with E-state index in [-0.39, 0.29) is 29.9 Å². The minimum atomic E-state index is -0.0608. The highest BCUT2D eigenvalue weighted by atomic mass is 16.5. The molecule has 1 heterocycles. The molecule has 3 unspecified atom stereocenters. The van der Waals surface area contributed by atoms with E-state index in [1.165, 1.54) is 0 Å². The fourth-order valence-electron chi connectivity index (χ4n) is 2.56. The number of hydrogen-bond donors (Lipinski definition) is 2. The van der Waals surface area contributed by atoms with E-state index in [0.717, 1.165) is 19.3 Å². The van der Waals surface area contributed by atoms with E-state index in [1.807, 2.05) is 0 Å². The van der Waals surface area contributed by atoms with Gasteiger partial charge in [0.05, 0.1) is 12.0 Å². The SMILES string of the molecule is COC1CCC(NC(=O)C2CCC(=O)NC2)C1. The molecule has 0 aromatic rings. The molecule has 1 aliphatic carbocycles. The van der Waals surface area contributed by atoms with E-state index < -0.39 is 0 Å². The highest BCUT2D eigenvalue weighted by Gasteiger charge is 2.29. The second-order valence-corrected chi connectivity index (χ2v) is 4.92. The Hall–Kier alpha value is -1.10. The van der Waals surface area contributed by atoms with Crippen LogP contribution in [-0.4, -0.2) is 37.6 Å². The van der Waals surface area contributed by atoms with Gasteiger partial charge >= 0.3 is 0 Å². The van der Waals surface area contributed by atoms with E-state index in [4.69, 9.17) is 4.74 Å². The number of rotatable bonds is 3. The predicted octanol–water partition coefficient (Wildman–Crippen LogP) is 0.196. The summed E-state index contributed by atoms with van der Waals surface area (Å²) < 4.78 is 5.27. The lowest BCUT2D eigenvalue weighted by Gasteiger charge is -2.23. The van der Waals surface area contributed by atoms with Crippen molar-refractivity contribution in [1.82, 2.24) is 10.6 Å². The highest BCUT2D eigenvalue weighted by molar-refractivity contribution is 5.83. The van der Waals surface area contributed by atoms with Crippen molar-refractivity contribution < 1.29 is 14.3 Å². The first kappa shape index (κ1) is 12.4. The van der Waals surface area contributed by atoms with Crippen LogP contribution in [0, 0.1) is 5.92 Å². The predicted molar refractivity (Wildman–Crippen MR) is 62.3 cm³/mol. The van der Waals surface area contributed by atoms with Crippen molar-refractivity contribution in [1.29, 1.82) is 0 Å². The Labute approximate surface area is 101 Å². The molecular formula is C12H20N2O3. The zero-order valence-electron chi connectivity index (χ0n) is 10.2. The number of nitrogens with one attached hydrogen (secondary N) is 2. The quantitative estimate of drug-likeness (QED) is 0.740. The van der Waals surface area contributed by atoms with Gasteiger partial charge in [-0.05, 0) is 25.7 Å². The zero-order valence-corrected chi connectivity index (χ0v) is 10.2. The van der Waals surface area contributed by atoms with E-state index in [1.54, 1.807) is 7.11 Å². The zero-order chi connectivity index (χ0) is 12.3. The molecule has 1 aliphatic heterocycles. The summed E-state index contributed by atoms with van der Waals surface area (Å²) in [6.07, 6.45) is 4.32. The summed E-state index contributed by atoms with van der Waals surface area (Å²) in [6, 6.07) is 0.241. The Morgan fingerprint density at radius 1 is 1.41 bits per heavy atom. The van der Waals surface area contributed by atoms with Crippen LogP contribution in [0.1, 0.15) is 32.1 Å². The maximum atomic E-state index is 12.0. The molecule has 5 nitrogen and oxygen atoms in total. The molecule has 0 aromatic heterocycles. The van der Waals surface area contributed by atoms with Crippen LogP contribution >= 0.6 is 0 Å². The van der Waals surface area contributed by atoms with Crippen LogP contribution in [0.4, 0.5) is 0 Å². The van der Waals surface area contributed by atoms with Gasteiger partial charge in [0.15, 0.2) is 0 Å². The van der Waals surface area contributed by atoms with Crippen LogP contribution in [0.3, 0.4) is 0 Å². The molecule has 2 aliphatic rings. The molecule has 3 atom stereocenters. The Bertz CT molecular complexity index is 296. The van der Waals surface area contributed by atoms with E-state index in [9.17, 15) is 9.59 Å². The summed E-state index contributed by atoms with van der Waals surface area (Å²) in [5.41, 5.74) is 0. The van der Waals surface area contributed by atoms with Crippen LogP contribution in [0.5, 0.6) is 0 Å². The number of methoxy groups -OCH3 is 1. The lowest BCUT2D eigenvalue weighted by molar-refractivity contribution is -0.129. The molecule has 0 aromatic carbocycles. The fourth-order valence-corrected chi connectivity index (χ4v) is 2.56. The lowest BCUT2D eigenvalue weighted by Crippen LogP contribution is -2.45. The molecule has 0 radical (unpaired) electrons. The van der Waals surface area contributed by atoms with Gasteiger partial charge in [-0.15, -0.1) is 0 Å². The molecule has 2 fully saturated rings. The summed E-state index contributed by atoms with van der Waals surface area (Å²) >= 11 is 0. The molecule has 1 saturated carbocycles. The van der Waals surface area contributed by atoms with Gasteiger partial charge in [0.2, 0.25) is 11.8 Å². The molecule has 2 rings (SSSR count). The van der Waals surface area contributed by atoms with Crippen LogP contribution in [-0.2, 0) is 14.3 Å². The molecule has 96 valence electrons. The first-order chi connectivity index (χ1) is 8.19. The maximum Gasteiger partial charge on any atom is 0.225 e. The summed E-state index contributed by atoms with van der Waals surface area (Å²) in [4.78, 5) is 23.0. The Morgan fingerprint density at radius 3 is 2.82 bits per heavy atom. The Kier molecular flexibility index (Phi) is 3.99. The molecule has 5 heteroatoms. The largest absolute Gasteiger partial charge is 0.381 e. The first-order valence-electron chi connectivity index (χ1n) is 6.29. The number of amides is 2. The minimum absolute atomic E-state index is 0.0503. The second kappa shape index (κ2) is 5.49. The molecule has 0 spiro atoms. The van der Waals surface area contributed by atoms with Gasteiger partial charge in [0, 0.05) is 26.1 Å². The number of hydrogen-bond acceptors (Lipinski definition) is 3. The van der Waals surface area contributed by atoms with Crippen LogP contribution in [0.15, 0.2) is 0 Å². The summed E-state index contributed by atoms with van der Waals surface area (Å²) in [5.74, 6) is 0.0652. The normalized spacial score (nSPS) is 33.2. The topological polar surface area (TPSA) is 67.4 Å². The summed E-state index contributed by atoms with van der Waals surface area (Å²) in [6.45, 7) is 0.477. The molecule has 17 heavy (non-hydrogen) atoms. The fraction of sp³-hybridized carbons (Fsp3) is 0.833. The maximum absolute atomic E-state index is 12.0. The first-order valence-corrected chi connectivity index (χ1v) is 6.29. The van der Waals surface area contributed by atoms with E-state index >= 15 is 0 Å². The van der Waals surface area contributed by atoms with Crippen molar-refractivity contribution in [2.45, 2.75) is 44.2 Å². The van der Waals surface area contributed by atoms with Crippen LogP contribution < -0.4 is 10.6 Å². The Balaban J connectivity index is 1.75. The lowest BCUT2D eigenvalue weighted by atomic mass is 9.98. The number of piperidine rings is 1. The molecule has 0 bridgehead atoms.